The minimum Gasteiger partial charge on any atom is -0.299 e. The molecule has 1 aromatic heterocycles. The highest BCUT2D eigenvalue weighted by atomic mass is 16.2. The molecular weight excluding hydrogens is 494 g/mol. The standard InChI is InChI=1S/C35H41N3O2/c1-6-37-32(36-38(33(37)40)24-27-13-17-30(18-14-27)34(3,4)5)12-8-10-26-9-7-11-29(23-26)28-15-19-31(20-16-28)35(21-22-35)25(2)39/h7,9,11,13-20,23H,6,8,10,12,21-22,24H2,1-5H3. The molecule has 0 bridgehead atoms. The zero-order valence-corrected chi connectivity index (χ0v) is 24.5. The van der Waals surface area contributed by atoms with E-state index in [0.29, 0.717) is 13.1 Å². The van der Waals surface area contributed by atoms with Crippen LogP contribution < -0.4 is 5.69 Å². The fraction of sp³-hybridized carbons (Fsp3) is 0.400. The molecule has 208 valence electrons. The minimum absolute atomic E-state index is 0.0411. The number of benzene rings is 3. The second-order valence-corrected chi connectivity index (χ2v) is 12.3. The lowest BCUT2D eigenvalue weighted by Crippen LogP contribution is -2.25. The Bertz CT molecular complexity index is 1550. The lowest BCUT2D eigenvalue weighted by Gasteiger charge is -2.19. The van der Waals surface area contributed by atoms with Crippen LogP contribution in [0, 0.1) is 0 Å². The molecule has 1 saturated carbocycles. The van der Waals surface area contributed by atoms with Gasteiger partial charge in [-0.2, -0.15) is 5.10 Å². The summed E-state index contributed by atoms with van der Waals surface area (Å²) in [6.07, 6.45) is 4.52. The fourth-order valence-electron chi connectivity index (χ4n) is 5.68. The monoisotopic (exact) mass is 535 g/mol. The predicted molar refractivity (Wildman–Crippen MR) is 162 cm³/mol. The average Bonchev–Trinajstić information content (AvgIpc) is 3.70. The van der Waals surface area contributed by atoms with Crippen LogP contribution in [-0.2, 0) is 41.6 Å². The number of hydrogen-bond donors (Lipinski definition) is 0. The Hall–Kier alpha value is -3.73. The Kier molecular flexibility index (Phi) is 7.67. The fourth-order valence-corrected chi connectivity index (χ4v) is 5.68. The first-order valence-corrected chi connectivity index (χ1v) is 14.6. The molecular formula is C35H41N3O2. The van der Waals surface area contributed by atoms with Crippen molar-refractivity contribution >= 4 is 5.78 Å². The summed E-state index contributed by atoms with van der Waals surface area (Å²) in [4.78, 5) is 25.1. The summed E-state index contributed by atoms with van der Waals surface area (Å²) in [5.74, 6) is 1.13. The number of hydrogen-bond acceptors (Lipinski definition) is 3. The number of nitrogens with zero attached hydrogens (tertiary/aromatic N) is 3. The van der Waals surface area contributed by atoms with E-state index in [1.807, 2.05) is 6.92 Å². The Morgan fingerprint density at radius 2 is 1.60 bits per heavy atom. The van der Waals surface area contributed by atoms with E-state index in [1.165, 1.54) is 22.3 Å². The van der Waals surface area contributed by atoms with Crippen LogP contribution in [0.1, 0.15) is 82.0 Å². The van der Waals surface area contributed by atoms with E-state index in [0.717, 1.165) is 49.1 Å². The zero-order valence-electron chi connectivity index (χ0n) is 24.5. The maximum atomic E-state index is 13.1. The van der Waals surface area contributed by atoms with Crippen molar-refractivity contribution in [2.24, 2.45) is 0 Å². The van der Waals surface area contributed by atoms with Gasteiger partial charge in [-0.15, -0.1) is 0 Å². The number of carbonyl (C=O) groups is 1. The Labute approximate surface area is 237 Å². The van der Waals surface area contributed by atoms with E-state index in [9.17, 15) is 9.59 Å². The molecule has 0 N–H and O–H groups in total. The van der Waals surface area contributed by atoms with Crippen LogP contribution in [0.3, 0.4) is 0 Å². The molecule has 1 aliphatic carbocycles. The summed E-state index contributed by atoms with van der Waals surface area (Å²) < 4.78 is 3.41. The third-order valence-electron chi connectivity index (χ3n) is 8.46. The average molecular weight is 536 g/mol. The molecule has 0 radical (unpaired) electrons. The number of carbonyl (C=O) groups excluding carboxylic acids is 1. The second-order valence-electron chi connectivity index (χ2n) is 12.3. The first kappa shape index (κ1) is 27.8. The summed E-state index contributed by atoms with van der Waals surface area (Å²) in [6.45, 7) is 11.4. The molecule has 5 heteroatoms. The molecule has 5 nitrogen and oxygen atoms in total. The van der Waals surface area contributed by atoms with Crippen LogP contribution in [0.2, 0.25) is 0 Å². The number of rotatable bonds is 10. The van der Waals surface area contributed by atoms with E-state index >= 15 is 0 Å². The first-order chi connectivity index (χ1) is 19.1. The van der Waals surface area contributed by atoms with E-state index < -0.39 is 0 Å². The third kappa shape index (κ3) is 5.74. The topological polar surface area (TPSA) is 56.9 Å². The van der Waals surface area contributed by atoms with Crippen molar-refractivity contribution in [2.45, 2.75) is 90.6 Å². The van der Waals surface area contributed by atoms with Crippen molar-refractivity contribution in [1.82, 2.24) is 14.3 Å². The van der Waals surface area contributed by atoms with Gasteiger partial charge in [0.2, 0.25) is 0 Å². The van der Waals surface area contributed by atoms with Crippen LogP contribution in [0.4, 0.5) is 0 Å². The maximum absolute atomic E-state index is 13.1. The molecule has 40 heavy (non-hydrogen) atoms. The van der Waals surface area contributed by atoms with Crippen LogP contribution in [0.5, 0.6) is 0 Å². The Morgan fingerprint density at radius 3 is 2.20 bits per heavy atom. The van der Waals surface area contributed by atoms with Crippen molar-refractivity contribution in [2.75, 3.05) is 0 Å². The van der Waals surface area contributed by atoms with Crippen molar-refractivity contribution < 1.29 is 4.79 Å². The SMILES string of the molecule is CCn1c(CCCc2cccc(-c3ccc(C4(C(C)=O)CC4)cc3)c2)nn(Cc2ccc(C(C)(C)C)cc2)c1=O. The summed E-state index contributed by atoms with van der Waals surface area (Å²) in [6, 6.07) is 25.7. The lowest BCUT2D eigenvalue weighted by molar-refractivity contribution is -0.119. The molecule has 3 aromatic carbocycles. The van der Waals surface area contributed by atoms with Gasteiger partial charge in [0.15, 0.2) is 0 Å². The predicted octanol–water partition coefficient (Wildman–Crippen LogP) is 6.87. The molecule has 0 atom stereocenters. The smallest absolute Gasteiger partial charge is 0.299 e. The van der Waals surface area contributed by atoms with Gasteiger partial charge in [0, 0.05) is 13.0 Å². The van der Waals surface area contributed by atoms with Crippen molar-refractivity contribution in [3.8, 4) is 11.1 Å². The summed E-state index contributed by atoms with van der Waals surface area (Å²) in [5, 5.41) is 4.73. The third-order valence-corrected chi connectivity index (χ3v) is 8.46. The Balaban J connectivity index is 1.23. The molecule has 1 aliphatic rings. The van der Waals surface area contributed by atoms with Crippen LogP contribution in [-0.4, -0.2) is 20.1 Å². The van der Waals surface area contributed by atoms with Gasteiger partial charge in [-0.25, -0.2) is 9.48 Å². The van der Waals surface area contributed by atoms with Gasteiger partial charge in [0.05, 0.1) is 12.0 Å². The highest BCUT2D eigenvalue weighted by molar-refractivity contribution is 5.91. The van der Waals surface area contributed by atoms with E-state index in [4.69, 9.17) is 5.10 Å². The van der Waals surface area contributed by atoms with Crippen LogP contribution in [0.15, 0.2) is 77.6 Å². The van der Waals surface area contributed by atoms with Gasteiger partial charge >= 0.3 is 5.69 Å². The maximum Gasteiger partial charge on any atom is 0.346 e. The molecule has 1 fully saturated rings. The molecule has 0 saturated heterocycles. The highest BCUT2D eigenvalue weighted by Crippen LogP contribution is 2.49. The van der Waals surface area contributed by atoms with Gasteiger partial charge in [-0.1, -0.05) is 93.6 Å². The molecule has 1 heterocycles. The molecule has 0 spiro atoms. The van der Waals surface area contributed by atoms with Crippen molar-refractivity contribution in [1.29, 1.82) is 0 Å². The van der Waals surface area contributed by atoms with Gasteiger partial charge in [-0.05, 0) is 78.3 Å². The van der Waals surface area contributed by atoms with E-state index in [-0.39, 0.29) is 22.3 Å². The Morgan fingerprint density at radius 1 is 0.900 bits per heavy atom. The largest absolute Gasteiger partial charge is 0.346 e. The van der Waals surface area contributed by atoms with Crippen molar-refractivity contribution in [3.05, 3.63) is 111 Å². The number of aryl methyl sites for hydroxylation is 2. The van der Waals surface area contributed by atoms with Gasteiger partial charge in [0.25, 0.3) is 0 Å². The van der Waals surface area contributed by atoms with E-state index in [2.05, 4.69) is 93.6 Å². The summed E-state index contributed by atoms with van der Waals surface area (Å²) >= 11 is 0. The number of Topliss-reactive ketones (excluding diaryl/α,β-unsaturated/α-hetero) is 1. The normalized spacial score (nSPS) is 14.3. The number of ketones is 1. The van der Waals surface area contributed by atoms with E-state index in [1.54, 1.807) is 16.2 Å². The summed E-state index contributed by atoms with van der Waals surface area (Å²) in [7, 11) is 0. The van der Waals surface area contributed by atoms with Gasteiger partial charge in [0.1, 0.15) is 11.6 Å². The molecule has 0 unspecified atom stereocenters. The zero-order chi connectivity index (χ0) is 28.5. The van der Waals surface area contributed by atoms with Gasteiger partial charge in [-0.3, -0.25) is 9.36 Å². The first-order valence-electron chi connectivity index (χ1n) is 14.6. The quantitative estimate of drug-likeness (QED) is 0.223. The molecule has 4 aromatic rings. The van der Waals surface area contributed by atoms with Crippen molar-refractivity contribution in [3.63, 3.8) is 0 Å². The minimum atomic E-state index is -0.233. The van der Waals surface area contributed by atoms with Crippen LogP contribution in [0.25, 0.3) is 11.1 Å². The highest BCUT2D eigenvalue weighted by Gasteiger charge is 2.48. The molecule has 0 aliphatic heterocycles. The molecule has 0 amide bonds. The van der Waals surface area contributed by atoms with Crippen LogP contribution >= 0.6 is 0 Å². The molecule has 5 rings (SSSR count). The number of aromatic nitrogens is 3. The summed E-state index contributed by atoms with van der Waals surface area (Å²) in [5.41, 5.74) is 6.96. The lowest BCUT2D eigenvalue weighted by atomic mass is 9.87. The second kappa shape index (κ2) is 11.0. The van der Waals surface area contributed by atoms with Gasteiger partial charge < -0.3 is 0 Å².